The Balaban J connectivity index is 1.29. The first-order valence-electron chi connectivity index (χ1n) is 11.7. The van der Waals surface area contributed by atoms with Gasteiger partial charge in [0.15, 0.2) is 0 Å². The molecule has 3 heterocycles. The van der Waals surface area contributed by atoms with Gasteiger partial charge in [0, 0.05) is 23.7 Å². The molecule has 0 bridgehead atoms. The molecule has 0 saturated heterocycles. The maximum absolute atomic E-state index is 12.7. The summed E-state index contributed by atoms with van der Waals surface area (Å²) in [5.74, 6) is 0.123. The van der Waals surface area contributed by atoms with E-state index in [1.54, 1.807) is 6.07 Å². The number of benzene rings is 2. The second-order valence-corrected chi connectivity index (χ2v) is 9.76. The van der Waals surface area contributed by atoms with Crippen molar-refractivity contribution in [3.05, 3.63) is 69.1 Å². The molecule has 2 amide bonds. The summed E-state index contributed by atoms with van der Waals surface area (Å²) in [7, 11) is 0. The molecule has 2 aliphatic heterocycles. The fourth-order valence-electron chi connectivity index (χ4n) is 4.88. The highest BCUT2D eigenvalue weighted by atomic mass is 16.5. The predicted molar refractivity (Wildman–Crippen MR) is 129 cm³/mol. The van der Waals surface area contributed by atoms with Crippen molar-refractivity contribution >= 4 is 28.5 Å². The van der Waals surface area contributed by atoms with Gasteiger partial charge in [-0.25, -0.2) is 4.79 Å². The van der Waals surface area contributed by atoms with E-state index in [-0.39, 0.29) is 29.8 Å². The van der Waals surface area contributed by atoms with Gasteiger partial charge in [-0.2, -0.15) is 0 Å². The molecule has 1 atom stereocenters. The zero-order valence-electron chi connectivity index (χ0n) is 19.6. The maximum Gasteiger partial charge on any atom is 0.340 e. The monoisotopic (exact) mass is 460 g/mol. The molecule has 3 aromatic rings. The van der Waals surface area contributed by atoms with Crippen LogP contribution in [0.1, 0.15) is 54.9 Å². The third kappa shape index (κ3) is 4.06. The highest BCUT2D eigenvalue weighted by Crippen LogP contribution is 2.37. The number of rotatable bonds is 5. The normalized spacial score (nSPS) is 18.1. The summed E-state index contributed by atoms with van der Waals surface area (Å²) in [6.45, 7) is 6.27. The van der Waals surface area contributed by atoms with Crippen LogP contribution in [0.3, 0.4) is 0 Å². The van der Waals surface area contributed by atoms with E-state index in [0.29, 0.717) is 24.1 Å². The number of fused-ring (bicyclic) bond motifs is 3. The van der Waals surface area contributed by atoms with E-state index in [2.05, 4.69) is 10.6 Å². The van der Waals surface area contributed by atoms with Crippen molar-refractivity contribution in [3.8, 4) is 5.75 Å². The van der Waals surface area contributed by atoms with Crippen LogP contribution in [0.2, 0.25) is 0 Å². The third-order valence-corrected chi connectivity index (χ3v) is 6.85. The van der Waals surface area contributed by atoms with Gasteiger partial charge in [-0.1, -0.05) is 18.2 Å². The van der Waals surface area contributed by atoms with Crippen molar-refractivity contribution in [1.82, 2.24) is 5.32 Å². The van der Waals surface area contributed by atoms with Gasteiger partial charge < -0.3 is 19.8 Å². The predicted octanol–water partition coefficient (Wildman–Crippen LogP) is 3.99. The highest BCUT2D eigenvalue weighted by Gasteiger charge is 2.30. The molecule has 7 nitrogen and oxygen atoms in total. The van der Waals surface area contributed by atoms with E-state index >= 15 is 0 Å². The fourth-order valence-corrected chi connectivity index (χ4v) is 4.88. The minimum absolute atomic E-state index is 0.0582. The number of hydrogen-bond donors (Lipinski definition) is 2. The van der Waals surface area contributed by atoms with Crippen LogP contribution >= 0.6 is 0 Å². The molecule has 5 rings (SSSR count). The average Bonchev–Trinajstić information content (AvgIpc) is 3.10. The van der Waals surface area contributed by atoms with Crippen LogP contribution in [0.4, 0.5) is 5.69 Å². The number of anilines is 1. The van der Waals surface area contributed by atoms with Crippen LogP contribution in [0.5, 0.6) is 5.75 Å². The smallest absolute Gasteiger partial charge is 0.340 e. The van der Waals surface area contributed by atoms with E-state index < -0.39 is 5.63 Å². The van der Waals surface area contributed by atoms with Gasteiger partial charge in [0.05, 0.1) is 17.9 Å². The lowest BCUT2D eigenvalue weighted by molar-refractivity contribution is -0.121. The van der Waals surface area contributed by atoms with Crippen molar-refractivity contribution < 1.29 is 18.7 Å². The lowest BCUT2D eigenvalue weighted by atomic mass is 9.92. The van der Waals surface area contributed by atoms with Gasteiger partial charge in [-0.3, -0.25) is 9.59 Å². The summed E-state index contributed by atoms with van der Waals surface area (Å²) in [5, 5.41) is 6.54. The Morgan fingerprint density at radius 3 is 2.82 bits per heavy atom. The second-order valence-electron chi connectivity index (χ2n) is 9.76. The number of hydrogen-bond acceptors (Lipinski definition) is 5. The molecular formula is C27H28N2O5. The third-order valence-electron chi connectivity index (χ3n) is 6.85. The fraction of sp³-hybridized carbons (Fsp3) is 0.370. The molecule has 0 fully saturated rings. The van der Waals surface area contributed by atoms with Gasteiger partial charge in [-0.15, -0.1) is 0 Å². The van der Waals surface area contributed by atoms with Crippen molar-refractivity contribution in [3.63, 3.8) is 0 Å². The Bertz CT molecular complexity index is 1370. The number of aryl methyl sites for hydroxylation is 2. The summed E-state index contributed by atoms with van der Waals surface area (Å²) in [4.78, 5) is 37.6. The number of carbonyl (C=O) groups is 2. The highest BCUT2D eigenvalue weighted by molar-refractivity contribution is 6.02. The lowest BCUT2D eigenvalue weighted by Gasteiger charge is -2.32. The summed E-state index contributed by atoms with van der Waals surface area (Å²) in [6.07, 6.45) is 2.20. The van der Waals surface area contributed by atoms with Crippen molar-refractivity contribution in [2.45, 2.75) is 58.0 Å². The van der Waals surface area contributed by atoms with Crippen LogP contribution < -0.4 is 21.0 Å². The zero-order valence-corrected chi connectivity index (χ0v) is 19.6. The first-order valence-corrected chi connectivity index (χ1v) is 11.7. The maximum atomic E-state index is 12.7. The van der Waals surface area contributed by atoms with Crippen LogP contribution in [-0.4, -0.2) is 24.0 Å². The van der Waals surface area contributed by atoms with E-state index in [1.807, 2.05) is 51.1 Å². The zero-order chi connectivity index (χ0) is 24.0. The number of nitrogens with one attached hydrogen (secondary N) is 2. The molecule has 0 aliphatic carbocycles. The standard InChI is InChI=1S/C27H28N2O5/c1-15-19-12-16-8-10-27(2,3)34-22(16)14-23(19)33-26(32)20(15)13-24(30)28-11-9-18-17-6-4-5-7-21(17)29-25(18)31/h4-7,12,14,18H,8-11,13H2,1-3H3,(H,28,30)(H,29,31)/t18-/m1/s1. The Hall–Kier alpha value is -3.61. The van der Waals surface area contributed by atoms with E-state index in [0.717, 1.165) is 46.4 Å². The average molecular weight is 461 g/mol. The van der Waals surface area contributed by atoms with Crippen LogP contribution in [0, 0.1) is 6.92 Å². The summed E-state index contributed by atoms with van der Waals surface area (Å²) >= 11 is 0. The number of carbonyl (C=O) groups excluding carboxylic acids is 2. The van der Waals surface area contributed by atoms with Gasteiger partial charge in [0.25, 0.3) is 0 Å². The molecular weight excluding hydrogens is 432 g/mol. The summed E-state index contributed by atoms with van der Waals surface area (Å²) in [5.41, 5.74) is 3.65. The molecule has 2 aliphatic rings. The van der Waals surface area contributed by atoms with Crippen molar-refractivity contribution in [1.29, 1.82) is 0 Å². The van der Waals surface area contributed by atoms with Gasteiger partial charge in [0.1, 0.15) is 16.9 Å². The van der Waals surface area contributed by atoms with E-state index in [1.165, 1.54) is 0 Å². The van der Waals surface area contributed by atoms with Gasteiger partial charge >= 0.3 is 5.63 Å². The number of ether oxygens (including phenoxy) is 1. The SMILES string of the molecule is Cc1c(CC(=O)NCC[C@H]2C(=O)Nc3ccccc32)c(=O)oc2cc3c(cc12)CCC(C)(C)O3. The molecule has 0 spiro atoms. The number of amides is 2. The van der Waals surface area contributed by atoms with Crippen LogP contribution in [0.15, 0.2) is 45.6 Å². The minimum Gasteiger partial charge on any atom is -0.487 e. The van der Waals surface area contributed by atoms with Gasteiger partial charge in [-0.05, 0) is 68.9 Å². The Morgan fingerprint density at radius 2 is 2.00 bits per heavy atom. The van der Waals surface area contributed by atoms with Crippen LogP contribution in [0.25, 0.3) is 11.0 Å². The Labute approximate surface area is 197 Å². The molecule has 2 N–H and O–H groups in total. The molecule has 1 aromatic heterocycles. The van der Waals surface area contributed by atoms with Crippen LogP contribution in [-0.2, 0) is 22.4 Å². The van der Waals surface area contributed by atoms with E-state index in [4.69, 9.17) is 9.15 Å². The molecule has 7 heteroatoms. The first-order chi connectivity index (χ1) is 16.2. The van der Waals surface area contributed by atoms with Crippen molar-refractivity contribution in [2.24, 2.45) is 0 Å². The molecule has 0 unspecified atom stereocenters. The Kier molecular flexibility index (Phi) is 5.42. The number of para-hydroxylation sites is 1. The lowest BCUT2D eigenvalue weighted by Crippen LogP contribution is -2.32. The molecule has 176 valence electrons. The molecule has 2 aromatic carbocycles. The van der Waals surface area contributed by atoms with Crippen molar-refractivity contribution in [2.75, 3.05) is 11.9 Å². The summed E-state index contributed by atoms with van der Waals surface area (Å²) in [6, 6.07) is 11.4. The quantitative estimate of drug-likeness (QED) is 0.561. The largest absolute Gasteiger partial charge is 0.487 e. The first kappa shape index (κ1) is 22.2. The molecule has 34 heavy (non-hydrogen) atoms. The van der Waals surface area contributed by atoms with Gasteiger partial charge in [0.2, 0.25) is 11.8 Å². The molecule has 0 radical (unpaired) electrons. The molecule has 0 saturated carbocycles. The minimum atomic E-state index is -0.515. The summed E-state index contributed by atoms with van der Waals surface area (Å²) < 4.78 is 11.6. The second kappa shape index (κ2) is 8.31. The topological polar surface area (TPSA) is 97.6 Å². The Morgan fingerprint density at radius 1 is 1.21 bits per heavy atom. The van der Waals surface area contributed by atoms with E-state index in [9.17, 15) is 14.4 Å².